The van der Waals surface area contributed by atoms with Crippen LogP contribution in [0.5, 0.6) is 17.2 Å². The molecule has 0 bridgehead atoms. The highest BCUT2D eigenvalue weighted by Crippen LogP contribution is 2.30. The quantitative estimate of drug-likeness (QED) is 0.450. The number of rotatable bonds is 3. The van der Waals surface area contributed by atoms with E-state index in [-0.39, 0.29) is 12.4 Å². The Hall–Kier alpha value is -2.29. The molecule has 0 aromatic heterocycles. The molecular weight excluding hydrogens is 411 g/mol. The van der Waals surface area contributed by atoms with Gasteiger partial charge in [0, 0.05) is 9.13 Å². The Morgan fingerprint density at radius 3 is 2.91 bits per heavy atom. The van der Waals surface area contributed by atoms with Crippen LogP contribution in [0.4, 0.5) is 0 Å². The maximum Gasteiger partial charge on any atom is 0.284 e. The molecule has 2 aromatic carbocycles. The number of halogens is 1. The Morgan fingerprint density at radius 1 is 1.30 bits per heavy atom. The topological polar surface area (TPSA) is 80.2 Å². The Kier molecular flexibility index (Phi) is 4.65. The molecule has 1 aliphatic rings. The van der Waals surface area contributed by atoms with Crippen molar-refractivity contribution < 1.29 is 19.4 Å². The van der Waals surface area contributed by atoms with Crippen LogP contribution in [0, 0.1) is 3.57 Å². The van der Waals surface area contributed by atoms with Crippen LogP contribution in [0.1, 0.15) is 5.56 Å². The van der Waals surface area contributed by atoms with E-state index in [2.05, 4.69) is 33.1 Å². The first-order valence-electron chi connectivity index (χ1n) is 6.83. The van der Waals surface area contributed by atoms with Gasteiger partial charge in [0.05, 0.1) is 6.21 Å². The predicted octanol–water partition coefficient (Wildman–Crippen LogP) is 2.29. The lowest BCUT2D eigenvalue weighted by Gasteiger charge is -2.24. The zero-order chi connectivity index (χ0) is 16.2. The average Bonchev–Trinajstić information content (AvgIpc) is 2.57. The second kappa shape index (κ2) is 6.86. The van der Waals surface area contributed by atoms with Gasteiger partial charge in [0.15, 0.2) is 11.5 Å². The summed E-state index contributed by atoms with van der Waals surface area (Å²) in [5.41, 5.74) is 2.91. The summed E-state index contributed by atoms with van der Waals surface area (Å²) in [6, 6.07) is 12.3. The number of fused-ring (bicyclic) bond motifs is 1. The van der Waals surface area contributed by atoms with Gasteiger partial charge in [-0.2, -0.15) is 5.10 Å². The maximum atomic E-state index is 12.1. The van der Waals surface area contributed by atoms with E-state index in [4.69, 9.17) is 9.47 Å². The van der Waals surface area contributed by atoms with E-state index in [0.29, 0.717) is 17.1 Å². The average molecular weight is 424 g/mol. The monoisotopic (exact) mass is 424 g/mol. The second-order valence-corrected chi connectivity index (χ2v) is 6.05. The van der Waals surface area contributed by atoms with E-state index in [1.54, 1.807) is 36.4 Å². The van der Waals surface area contributed by atoms with Gasteiger partial charge in [-0.1, -0.05) is 12.1 Å². The van der Waals surface area contributed by atoms with Crippen molar-refractivity contribution in [2.75, 3.05) is 6.61 Å². The van der Waals surface area contributed by atoms with Gasteiger partial charge in [-0.25, -0.2) is 5.43 Å². The van der Waals surface area contributed by atoms with Crippen LogP contribution in [0.15, 0.2) is 47.6 Å². The molecule has 1 aliphatic heterocycles. The molecule has 0 fully saturated rings. The largest absolute Gasteiger partial charge is 0.507 e. The Morgan fingerprint density at radius 2 is 2.09 bits per heavy atom. The zero-order valence-electron chi connectivity index (χ0n) is 11.9. The number of amides is 1. The number of hydrazone groups is 1. The third kappa shape index (κ3) is 3.73. The summed E-state index contributed by atoms with van der Waals surface area (Å²) in [5, 5.41) is 13.6. The molecule has 1 atom stereocenters. The van der Waals surface area contributed by atoms with E-state index in [1.807, 2.05) is 6.07 Å². The third-order valence-corrected chi connectivity index (χ3v) is 3.84. The first-order valence-corrected chi connectivity index (χ1v) is 7.91. The predicted molar refractivity (Wildman–Crippen MR) is 92.9 cm³/mol. The second-order valence-electron chi connectivity index (χ2n) is 4.80. The fourth-order valence-corrected chi connectivity index (χ4v) is 2.53. The van der Waals surface area contributed by atoms with E-state index in [1.165, 1.54) is 6.21 Å². The smallest absolute Gasteiger partial charge is 0.284 e. The minimum Gasteiger partial charge on any atom is -0.507 e. The number of ether oxygens (including phenoxy) is 2. The molecule has 0 spiro atoms. The van der Waals surface area contributed by atoms with Crippen LogP contribution < -0.4 is 14.9 Å². The highest BCUT2D eigenvalue weighted by molar-refractivity contribution is 14.1. The van der Waals surface area contributed by atoms with Crippen molar-refractivity contribution >= 4 is 34.7 Å². The Labute approximate surface area is 146 Å². The molecular formula is C16H13IN2O4. The highest BCUT2D eigenvalue weighted by atomic mass is 127. The van der Waals surface area contributed by atoms with E-state index < -0.39 is 12.0 Å². The number of para-hydroxylation sites is 2. The molecule has 23 heavy (non-hydrogen) atoms. The lowest BCUT2D eigenvalue weighted by Crippen LogP contribution is -2.42. The Bertz CT molecular complexity index is 763. The summed E-state index contributed by atoms with van der Waals surface area (Å²) in [6.45, 7) is 0.118. The molecule has 0 unspecified atom stereocenters. The number of aromatic hydroxyl groups is 1. The number of carbonyl (C=O) groups excluding carboxylic acids is 1. The normalized spacial score (nSPS) is 16.3. The van der Waals surface area contributed by atoms with Gasteiger partial charge in [-0.15, -0.1) is 0 Å². The van der Waals surface area contributed by atoms with Crippen molar-refractivity contribution in [1.29, 1.82) is 0 Å². The standard InChI is InChI=1S/C16H13IN2O4/c17-11-5-6-12(20)10(7-11)8-18-19-16(21)15-9-22-13-3-1-2-4-14(13)23-15/h1-8,15,20H,9H2,(H,19,21)/b18-8-/t15-/m1/s1. The van der Waals surface area contributed by atoms with Crippen LogP contribution in [-0.2, 0) is 4.79 Å². The van der Waals surface area contributed by atoms with Crippen LogP contribution in [-0.4, -0.2) is 29.9 Å². The van der Waals surface area contributed by atoms with E-state index in [9.17, 15) is 9.90 Å². The molecule has 1 amide bonds. The van der Waals surface area contributed by atoms with Gasteiger partial charge < -0.3 is 14.6 Å². The summed E-state index contributed by atoms with van der Waals surface area (Å²) in [7, 11) is 0. The number of phenols is 1. The maximum absolute atomic E-state index is 12.1. The summed E-state index contributed by atoms with van der Waals surface area (Å²) < 4.78 is 12.0. The van der Waals surface area contributed by atoms with Gasteiger partial charge in [-0.3, -0.25) is 4.79 Å². The molecule has 118 valence electrons. The van der Waals surface area contributed by atoms with Crippen LogP contribution in [0.25, 0.3) is 0 Å². The number of benzene rings is 2. The SMILES string of the molecule is O=C(N/N=C\c1cc(I)ccc1O)[C@H]1COc2ccccc2O1. The molecule has 6 nitrogen and oxygen atoms in total. The molecule has 0 saturated carbocycles. The summed E-state index contributed by atoms with van der Waals surface area (Å²) in [6.07, 6.45) is 0.610. The molecule has 3 rings (SSSR count). The number of hydrogen-bond donors (Lipinski definition) is 2. The number of nitrogens with zero attached hydrogens (tertiary/aromatic N) is 1. The van der Waals surface area contributed by atoms with Crippen molar-refractivity contribution in [3.8, 4) is 17.2 Å². The molecule has 7 heteroatoms. The summed E-state index contributed by atoms with van der Waals surface area (Å²) >= 11 is 2.13. The number of carbonyl (C=O) groups is 1. The van der Waals surface area contributed by atoms with E-state index >= 15 is 0 Å². The van der Waals surface area contributed by atoms with Crippen molar-refractivity contribution in [2.24, 2.45) is 5.10 Å². The first-order chi connectivity index (χ1) is 11.1. The summed E-state index contributed by atoms with van der Waals surface area (Å²) in [4.78, 5) is 12.1. The van der Waals surface area contributed by atoms with Gasteiger partial charge in [0.1, 0.15) is 12.4 Å². The van der Waals surface area contributed by atoms with Gasteiger partial charge in [0.25, 0.3) is 5.91 Å². The van der Waals surface area contributed by atoms with E-state index in [0.717, 1.165) is 3.57 Å². The number of phenolic OH excluding ortho intramolecular Hbond substituents is 1. The number of nitrogens with one attached hydrogen (secondary N) is 1. The van der Waals surface area contributed by atoms with Crippen LogP contribution in [0.3, 0.4) is 0 Å². The van der Waals surface area contributed by atoms with Crippen LogP contribution in [0.2, 0.25) is 0 Å². The lowest BCUT2D eigenvalue weighted by atomic mass is 10.2. The van der Waals surface area contributed by atoms with Gasteiger partial charge in [-0.05, 0) is 52.9 Å². The first kappa shape index (κ1) is 15.6. The van der Waals surface area contributed by atoms with Crippen LogP contribution >= 0.6 is 22.6 Å². The van der Waals surface area contributed by atoms with Crippen molar-refractivity contribution in [1.82, 2.24) is 5.43 Å². The Balaban J connectivity index is 1.62. The van der Waals surface area contributed by atoms with Gasteiger partial charge >= 0.3 is 0 Å². The molecule has 0 aliphatic carbocycles. The zero-order valence-corrected chi connectivity index (χ0v) is 14.1. The van der Waals surface area contributed by atoms with Crippen molar-refractivity contribution in [3.05, 3.63) is 51.6 Å². The lowest BCUT2D eigenvalue weighted by molar-refractivity contribution is -0.130. The molecule has 0 saturated heterocycles. The molecule has 0 radical (unpaired) electrons. The van der Waals surface area contributed by atoms with Crippen molar-refractivity contribution in [3.63, 3.8) is 0 Å². The number of hydrogen-bond acceptors (Lipinski definition) is 5. The fraction of sp³-hybridized carbons (Fsp3) is 0.125. The minimum atomic E-state index is -0.772. The van der Waals surface area contributed by atoms with Crippen molar-refractivity contribution in [2.45, 2.75) is 6.10 Å². The fourth-order valence-electron chi connectivity index (χ4n) is 2.01. The van der Waals surface area contributed by atoms with Gasteiger partial charge in [0.2, 0.25) is 6.10 Å². The molecule has 2 N–H and O–H groups in total. The minimum absolute atomic E-state index is 0.0922. The third-order valence-electron chi connectivity index (χ3n) is 3.17. The molecule has 2 aromatic rings. The molecule has 1 heterocycles. The summed E-state index contributed by atoms with van der Waals surface area (Å²) in [5.74, 6) is 0.817. The highest BCUT2D eigenvalue weighted by Gasteiger charge is 2.26.